The van der Waals surface area contributed by atoms with Gasteiger partial charge >= 0.3 is 6.09 Å². The number of aliphatic hydroxyl groups excluding tert-OH is 1. The van der Waals surface area contributed by atoms with Crippen molar-refractivity contribution in [1.82, 2.24) is 5.32 Å². The molecule has 0 aromatic heterocycles. The van der Waals surface area contributed by atoms with E-state index >= 15 is 0 Å². The molecule has 5 heteroatoms. The maximum atomic E-state index is 12.0. The number of rotatable bonds is 4. The molecule has 2 N–H and O–H groups in total. The number of benzene rings is 1. The lowest BCUT2D eigenvalue weighted by Crippen LogP contribution is -2.40. The molecule has 0 heterocycles. The topological polar surface area (TPSA) is 75.6 Å². The van der Waals surface area contributed by atoms with Crippen molar-refractivity contribution < 1.29 is 19.4 Å². The quantitative estimate of drug-likeness (QED) is 0.886. The van der Waals surface area contributed by atoms with E-state index in [0.717, 1.165) is 0 Å². The van der Waals surface area contributed by atoms with E-state index in [0.29, 0.717) is 5.56 Å². The largest absolute Gasteiger partial charge is 0.444 e. The second-order valence-electron chi connectivity index (χ2n) is 5.57. The lowest BCUT2D eigenvalue weighted by molar-refractivity contribution is -0.128. The third kappa shape index (κ3) is 5.01. The van der Waals surface area contributed by atoms with Gasteiger partial charge in [0.05, 0.1) is 0 Å². The number of Topliss-reactive ketones (excluding diaryl/α,β-unsaturated/α-hetero) is 1. The SMILES string of the molecule is CC(O)C(=O)C(NC(=O)OC(C)(C)C)c1ccccc1. The van der Waals surface area contributed by atoms with Crippen LogP contribution in [0.1, 0.15) is 39.3 Å². The summed E-state index contributed by atoms with van der Waals surface area (Å²) < 4.78 is 5.14. The molecule has 0 spiro atoms. The molecule has 20 heavy (non-hydrogen) atoms. The third-order valence-corrected chi connectivity index (χ3v) is 2.49. The van der Waals surface area contributed by atoms with Crippen LogP contribution in [-0.2, 0) is 9.53 Å². The standard InChI is InChI=1S/C15H21NO4/c1-10(17)13(18)12(11-8-6-5-7-9-11)16-14(19)20-15(2,3)4/h5-10,12,17H,1-4H3,(H,16,19). The molecule has 0 bridgehead atoms. The molecule has 5 nitrogen and oxygen atoms in total. The third-order valence-electron chi connectivity index (χ3n) is 2.49. The molecule has 1 amide bonds. The molecule has 0 aliphatic rings. The van der Waals surface area contributed by atoms with Crippen molar-refractivity contribution >= 4 is 11.9 Å². The number of ether oxygens (including phenoxy) is 1. The summed E-state index contributed by atoms with van der Waals surface area (Å²) in [6.45, 7) is 6.58. The maximum absolute atomic E-state index is 12.0. The smallest absolute Gasteiger partial charge is 0.408 e. The van der Waals surface area contributed by atoms with Crippen LogP contribution in [-0.4, -0.2) is 28.7 Å². The van der Waals surface area contributed by atoms with Gasteiger partial charge in [-0.25, -0.2) is 4.79 Å². The van der Waals surface area contributed by atoms with Crippen LogP contribution in [0.15, 0.2) is 30.3 Å². The van der Waals surface area contributed by atoms with E-state index in [4.69, 9.17) is 4.74 Å². The molecule has 1 aromatic rings. The lowest BCUT2D eigenvalue weighted by Gasteiger charge is -2.24. The van der Waals surface area contributed by atoms with E-state index in [9.17, 15) is 14.7 Å². The number of alkyl carbamates (subject to hydrolysis) is 1. The number of carbonyl (C=O) groups is 2. The van der Waals surface area contributed by atoms with Crippen molar-refractivity contribution in [2.75, 3.05) is 0 Å². The molecule has 1 rings (SSSR count). The van der Waals surface area contributed by atoms with E-state index in [1.165, 1.54) is 6.92 Å². The van der Waals surface area contributed by atoms with E-state index < -0.39 is 29.6 Å². The minimum atomic E-state index is -1.17. The Balaban J connectivity index is 2.90. The highest BCUT2D eigenvalue weighted by Gasteiger charge is 2.27. The van der Waals surface area contributed by atoms with E-state index in [1.54, 1.807) is 51.1 Å². The number of nitrogens with one attached hydrogen (secondary N) is 1. The highest BCUT2D eigenvalue weighted by Crippen LogP contribution is 2.17. The summed E-state index contributed by atoms with van der Waals surface area (Å²) in [5.41, 5.74) is -0.0524. The van der Waals surface area contributed by atoms with Crippen molar-refractivity contribution in [2.45, 2.75) is 45.4 Å². The predicted molar refractivity (Wildman–Crippen MR) is 75.2 cm³/mol. The van der Waals surface area contributed by atoms with Crippen LogP contribution >= 0.6 is 0 Å². The highest BCUT2D eigenvalue weighted by atomic mass is 16.6. The zero-order valence-corrected chi connectivity index (χ0v) is 12.2. The van der Waals surface area contributed by atoms with E-state index in [1.807, 2.05) is 0 Å². The molecule has 2 unspecified atom stereocenters. The second kappa shape index (κ2) is 6.52. The fraction of sp³-hybridized carbons (Fsp3) is 0.467. The second-order valence-corrected chi connectivity index (χ2v) is 5.57. The number of amides is 1. The van der Waals surface area contributed by atoms with Crippen LogP contribution in [0.5, 0.6) is 0 Å². The summed E-state index contributed by atoms with van der Waals surface area (Å²) in [5.74, 6) is -0.484. The zero-order valence-electron chi connectivity index (χ0n) is 12.2. The number of hydrogen-bond acceptors (Lipinski definition) is 4. The van der Waals surface area contributed by atoms with Gasteiger partial charge in [-0.2, -0.15) is 0 Å². The molecule has 0 aliphatic carbocycles. The summed E-state index contributed by atoms with van der Waals surface area (Å²) in [4.78, 5) is 23.8. The van der Waals surface area contributed by atoms with E-state index in [2.05, 4.69) is 5.32 Å². The molecule has 1 aromatic carbocycles. The molecule has 0 radical (unpaired) electrons. The molecule has 0 saturated heterocycles. The van der Waals surface area contributed by atoms with Crippen molar-refractivity contribution in [1.29, 1.82) is 0 Å². The fourth-order valence-corrected chi connectivity index (χ4v) is 1.63. The predicted octanol–water partition coefficient (Wildman–Crippen LogP) is 2.20. The first-order valence-electron chi connectivity index (χ1n) is 6.47. The lowest BCUT2D eigenvalue weighted by atomic mass is 10.00. The van der Waals surface area contributed by atoms with Gasteiger partial charge in [-0.1, -0.05) is 30.3 Å². The average Bonchev–Trinajstić information content (AvgIpc) is 2.34. The fourth-order valence-electron chi connectivity index (χ4n) is 1.63. The summed E-state index contributed by atoms with van der Waals surface area (Å²) in [6, 6.07) is 7.82. The molecule has 2 atom stereocenters. The van der Waals surface area contributed by atoms with Crippen molar-refractivity contribution in [3.63, 3.8) is 0 Å². The van der Waals surface area contributed by atoms with Gasteiger partial charge in [-0.3, -0.25) is 4.79 Å². The summed E-state index contributed by atoms with van der Waals surface area (Å²) in [7, 11) is 0. The minimum Gasteiger partial charge on any atom is -0.444 e. The first kappa shape index (κ1) is 16.2. The maximum Gasteiger partial charge on any atom is 0.408 e. The van der Waals surface area contributed by atoms with Crippen LogP contribution in [0.2, 0.25) is 0 Å². The molecule has 0 aliphatic heterocycles. The van der Waals surface area contributed by atoms with Crippen LogP contribution in [0.3, 0.4) is 0 Å². The van der Waals surface area contributed by atoms with Gasteiger partial charge in [-0.15, -0.1) is 0 Å². The first-order valence-corrected chi connectivity index (χ1v) is 6.47. The first-order chi connectivity index (χ1) is 9.20. The monoisotopic (exact) mass is 279 g/mol. The Morgan fingerprint density at radius 1 is 1.20 bits per heavy atom. The number of aliphatic hydroxyl groups is 1. The van der Waals surface area contributed by atoms with Gasteiger partial charge in [0.1, 0.15) is 17.7 Å². The summed E-state index contributed by atoms with van der Waals surface area (Å²) in [6.07, 6.45) is -1.87. The van der Waals surface area contributed by atoms with Gasteiger partial charge in [0, 0.05) is 0 Å². The Morgan fingerprint density at radius 3 is 2.20 bits per heavy atom. The van der Waals surface area contributed by atoms with Gasteiger partial charge in [0.2, 0.25) is 0 Å². The van der Waals surface area contributed by atoms with Crippen molar-refractivity contribution in [3.05, 3.63) is 35.9 Å². The Labute approximate surface area is 118 Å². The molecule has 0 saturated carbocycles. The highest BCUT2D eigenvalue weighted by molar-refractivity contribution is 5.91. The normalized spacial score (nSPS) is 14.2. The molecule has 0 fully saturated rings. The van der Waals surface area contributed by atoms with Crippen LogP contribution in [0.25, 0.3) is 0 Å². The Hall–Kier alpha value is -1.88. The Bertz CT molecular complexity index is 463. The zero-order chi connectivity index (χ0) is 15.3. The molecular weight excluding hydrogens is 258 g/mol. The Morgan fingerprint density at radius 2 is 1.75 bits per heavy atom. The van der Waals surface area contributed by atoms with Gasteiger partial charge in [0.15, 0.2) is 5.78 Å². The van der Waals surface area contributed by atoms with Gasteiger partial charge in [-0.05, 0) is 33.3 Å². The minimum absolute atomic E-state index is 0.484. The average molecular weight is 279 g/mol. The van der Waals surface area contributed by atoms with E-state index in [-0.39, 0.29) is 0 Å². The van der Waals surface area contributed by atoms with Crippen molar-refractivity contribution in [3.8, 4) is 0 Å². The number of hydrogen-bond donors (Lipinski definition) is 2. The van der Waals surface area contributed by atoms with Crippen LogP contribution < -0.4 is 5.32 Å². The van der Waals surface area contributed by atoms with Crippen LogP contribution in [0.4, 0.5) is 4.79 Å². The number of ketones is 1. The van der Waals surface area contributed by atoms with Gasteiger partial charge < -0.3 is 15.2 Å². The van der Waals surface area contributed by atoms with Gasteiger partial charge in [0.25, 0.3) is 0 Å². The van der Waals surface area contributed by atoms with Crippen LogP contribution in [0, 0.1) is 0 Å². The van der Waals surface area contributed by atoms with Crippen molar-refractivity contribution in [2.24, 2.45) is 0 Å². The summed E-state index contributed by atoms with van der Waals surface area (Å²) >= 11 is 0. The summed E-state index contributed by atoms with van der Waals surface area (Å²) in [5, 5.41) is 12.0. The number of carbonyl (C=O) groups excluding carboxylic acids is 2. The Kier molecular flexibility index (Phi) is 5.27. The molecule has 110 valence electrons. The molecular formula is C15H21NO4.